The second kappa shape index (κ2) is 6.55. The maximum atomic E-state index is 5.85. The highest BCUT2D eigenvalue weighted by atomic mass is 35.5. The topological polar surface area (TPSA) is 34.1 Å². The highest BCUT2D eigenvalue weighted by molar-refractivity contribution is 6.30. The molecule has 19 heavy (non-hydrogen) atoms. The number of aryl methyl sites for hydroxylation is 1. The van der Waals surface area contributed by atoms with Crippen LogP contribution in [0, 0.1) is 0 Å². The van der Waals surface area contributed by atoms with Gasteiger partial charge in [-0.3, -0.25) is 0 Å². The number of hydrogen-bond donors (Lipinski definition) is 1. The number of pyridine rings is 1. The Morgan fingerprint density at radius 3 is 2.58 bits per heavy atom. The molecule has 100 valence electrons. The summed E-state index contributed by atoms with van der Waals surface area (Å²) >= 11 is 5.85. The Morgan fingerprint density at radius 1 is 1.21 bits per heavy atom. The molecule has 0 aliphatic rings. The molecule has 0 atom stereocenters. The highest BCUT2D eigenvalue weighted by Gasteiger charge is 2.04. The highest BCUT2D eigenvalue weighted by Crippen LogP contribution is 2.23. The Bertz CT molecular complexity index is 540. The van der Waals surface area contributed by atoms with Gasteiger partial charge in [0.1, 0.15) is 5.75 Å². The predicted molar refractivity (Wildman–Crippen MR) is 77.9 cm³/mol. The lowest BCUT2D eigenvalue weighted by Gasteiger charge is -2.09. The SMILES string of the molecule is CCc1cc(CNC)cc(Oc2ccc(Cl)cc2)n1. The standard InChI is InChI=1S/C15H17ClN2O/c1-3-13-8-11(10-17-2)9-15(18-13)19-14-6-4-12(16)5-7-14/h4-9,17H,3,10H2,1-2H3. The summed E-state index contributed by atoms with van der Waals surface area (Å²) in [4.78, 5) is 4.47. The van der Waals surface area contributed by atoms with Gasteiger partial charge in [-0.25, -0.2) is 4.98 Å². The first-order chi connectivity index (χ1) is 9.21. The van der Waals surface area contributed by atoms with Crippen molar-refractivity contribution in [2.45, 2.75) is 19.9 Å². The molecular weight excluding hydrogens is 260 g/mol. The Kier molecular flexibility index (Phi) is 4.77. The zero-order valence-corrected chi connectivity index (χ0v) is 11.9. The molecule has 0 saturated heterocycles. The average Bonchev–Trinajstić information content (AvgIpc) is 2.41. The molecule has 0 saturated carbocycles. The molecule has 2 rings (SSSR count). The van der Waals surface area contributed by atoms with Gasteiger partial charge >= 0.3 is 0 Å². The molecule has 0 aliphatic heterocycles. The lowest BCUT2D eigenvalue weighted by molar-refractivity contribution is 0.460. The lowest BCUT2D eigenvalue weighted by Crippen LogP contribution is -2.06. The largest absolute Gasteiger partial charge is 0.439 e. The number of rotatable bonds is 5. The summed E-state index contributed by atoms with van der Waals surface area (Å²) in [5.41, 5.74) is 2.19. The van der Waals surface area contributed by atoms with Gasteiger partial charge in [0.2, 0.25) is 5.88 Å². The number of nitrogens with zero attached hydrogens (tertiary/aromatic N) is 1. The van der Waals surface area contributed by atoms with Crippen LogP contribution >= 0.6 is 11.6 Å². The van der Waals surface area contributed by atoms with Gasteiger partial charge < -0.3 is 10.1 Å². The van der Waals surface area contributed by atoms with E-state index in [2.05, 4.69) is 23.3 Å². The molecule has 0 aliphatic carbocycles. The molecule has 4 heteroatoms. The summed E-state index contributed by atoms with van der Waals surface area (Å²) in [6, 6.07) is 11.3. The smallest absolute Gasteiger partial charge is 0.219 e. The van der Waals surface area contributed by atoms with Crippen LogP contribution in [0.4, 0.5) is 0 Å². The molecule has 1 heterocycles. The van der Waals surface area contributed by atoms with E-state index in [1.807, 2.05) is 25.2 Å². The van der Waals surface area contributed by atoms with Crippen LogP contribution in [0.1, 0.15) is 18.2 Å². The van der Waals surface area contributed by atoms with E-state index in [1.165, 1.54) is 5.56 Å². The van der Waals surface area contributed by atoms with Crippen molar-refractivity contribution in [2.24, 2.45) is 0 Å². The van der Waals surface area contributed by atoms with Crippen LogP contribution in [0.25, 0.3) is 0 Å². The minimum atomic E-state index is 0.618. The van der Waals surface area contributed by atoms with Crippen LogP contribution in [0.15, 0.2) is 36.4 Å². The third kappa shape index (κ3) is 3.94. The van der Waals surface area contributed by atoms with Gasteiger partial charge in [-0.2, -0.15) is 0 Å². The summed E-state index contributed by atoms with van der Waals surface area (Å²) in [5.74, 6) is 1.35. The molecule has 0 spiro atoms. The second-order valence-electron chi connectivity index (χ2n) is 4.24. The molecule has 1 aromatic carbocycles. The van der Waals surface area contributed by atoms with Crippen molar-refractivity contribution in [1.82, 2.24) is 10.3 Å². The number of aromatic nitrogens is 1. The number of nitrogens with one attached hydrogen (secondary N) is 1. The molecule has 3 nitrogen and oxygen atoms in total. The van der Waals surface area contributed by atoms with E-state index in [4.69, 9.17) is 16.3 Å². The minimum Gasteiger partial charge on any atom is -0.439 e. The molecule has 2 aromatic rings. The quantitative estimate of drug-likeness (QED) is 0.902. The Hall–Kier alpha value is -1.58. The third-order valence-electron chi connectivity index (χ3n) is 2.69. The van der Waals surface area contributed by atoms with Gasteiger partial charge in [0.15, 0.2) is 0 Å². The summed E-state index contributed by atoms with van der Waals surface area (Å²) in [7, 11) is 1.92. The lowest BCUT2D eigenvalue weighted by atomic mass is 10.2. The molecule has 1 aromatic heterocycles. The first kappa shape index (κ1) is 13.8. The van der Waals surface area contributed by atoms with Crippen LogP contribution in [-0.4, -0.2) is 12.0 Å². The van der Waals surface area contributed by atoms with Gasteiger partial charge in [0, 0.05) is 23.3 Å². The van der Waals surface area contributed by atoms with E-state index in [0.29, 0.717) is 10.9 Å². The Balaban J connectivity index is 2.23. The van der Waals surface area contributed by atoms with E-state index >= 15 is 0 Å². The molecule has 0 unspecified atom stereocenters. The van der Waals surface area contributed by atoms with Crippen molar-refractivity contribution in [3.63, 3.8) is 0 Å². The van der Waals surface area contributed by atoms with Gasteiger partial charge in [-0.05, 0) is 49.4 Å². The molecule has 1 N–H and O–H groups in total. The van der Waals surface area contributed by atoms with Crippen LogP contribution in [0.3, 0.4) is 0 Å². The van der Waals surface area contributed by atoms with Crippen LogP contribution in [0.5, 0.6) is 11.6 Å². The van der Waals surface area contributed by atoms with E-state index < -0.39 is 0 Å². The van der Waals surface area contributed by atoms with E-state index in [0.717, 1.165) is 24.4 Å². The fourth-order valence-electron chi connectivity index (χ4n) is 1.78. The zero-order valence-electron chi connectivity index (χ0n) is 11.1. The fourth-order valence-corrected chi connectivity index (χ4v) is 1.91. The van der Waals surface area contributed by atoms with Crippen LogP contribution in [-0.2, 0) is 13.0 Å². The van der Waals surface area contributed by atoms with E-state index in [1.54, 1.807) is 12.1 Å². The minimum absolute atomic E-state index is 0.618. The molecule has 0 bridgehead atoms. The van der Waals surface area contributed by atoms with Crippen molar-refractivity contribution in [1.29, 1.82) is 0 Å². The molecule has 0 radical (unpaired) electrons. The number of benzene rings is 1. The number of hydrogen-bond acceptors (Lipinski definition) is 3. The summed E-state index contributed by atoms with van der Waals surface area (Å²) in [5, 5.41) is 3.83. The number of ether oxygens (including phenoxy) is 1. The van der Waals surface area contributed by atoms with Crippen LogP contribution < -0.4 is 10.1 Å². The van der Waals surface area contributed by atoms with Crippen molar-refractivity contribution >= 4 is 11.6 Å². The van der Waals surface area contributed by atoms with Gasteiger partial charge in [-0.15, -0.1) is 0 Å². The van der Waals surface area contributed by atoms with Crippen molar-refractivity contribution in [3.05, 3.63) is 52.7 Å². The number of halogens is 1. The average molecular weight is 277 g/mol. The van der Waals surface area contributed by atoms with Crippen molar-refractivity contribution in [3.8, 4) is 11.6 Å². The maximum Gasteiger partial charge on any atom is 0.219 e. The first-order valence-electron chi connectivity index (χ1n) is 6.29. The first-order valence-corrected chi connectivity index (χ1v) is 6.67. The van der Waals surface area contributed by atoms with Crippen LogP contribution in [0.2, 0.25) is 5.02 Å². The predicted octanol–water partition coefficient (Wildman–Crippen LogP) is 3.81. The van der Waals surface area contributed by atoms with E-state index in [-0.39, 0.29) is 0 Å². The van der Waals surface area contributed by atoms with Gasteiger partial charge in [-0.1, -0.05) is 18.5 Å². The van der Waals surface area contributed by atoms with Gasteiger partial charge in [0.05, 0.1) is 0 Å². The van der Waals surface area contributed by atoms with Crippen molar-refractivity contribution in [2.75, 3.05) is 7.05 Å². The monoisotopic (exact) mass is 276 g/mol. The Labute approximate surface area is 118 Å². The summed E-state index contributed by atoms with van der Waals surface area (Å²) in [6.45, 7) is 2.88. The molecular formula is C15H17ClN2O. The fraction of sp³-hybridized carbons (Fsp3) is 0.267. The normalized spacial score (nSPS) is 10.5. The maximum absolute atomic E-state index is 5.85. The second-order valence-corrected chi connectivity index (χ2v) is 4.68. The zero-order chi connectivity index (χ0) is 13.7. The summed E-state index contributed by atoms with van der Waals surface area (Å²) in [6.07, 6.45) is 0.883. The molecule has 0 amide bonds. The van der Waals surface area contributed by atoms with Crippen molar-refractivity contribution < 1.29 is 4.74 Å². The summed E-state index contributed by atoms with van der Waals surface area (Å²) < 4.78 is 5.77. The molecule has 0 fully saturated rings. The third-order valence-corrected chi connectivity index (χ3v) is 2.95. The van der Waals surface area contributed by atoms with E-state index in [9.17, 15) is 0 Å². The van der Waals surface area contributed by atoms with Gasteiger partial charge in [0.25, 0.3) is 0 Å². The Morgan fingerprint density at radius 2 is 1.95 bits per heavy atom.